The van der Waals surface area contributed by atoms with Gasteiger partial charge in [0.15, 0.2) is 34.6 Å². The molecule has 14 heteroatoms. The molecule has 242 valence electrons. The minimum atomic E-state index is -1.08. The van der Waals surface area contributed by atoms with E-state index in [2.05, 4.69) is 0 Å². The number of hydrogen-bond acceptors (Lipinski definition) is 9. The molecule has 0 fully saturated rings. The van der Waals surface area contributed by atoms with Gasteiger partial charge in [-0.1, -0.05) is 25.4 Å². The Morgan fingerprint density at radius 3 is 2.16 bits per heavy atom. The van der Waals surface area contributed by atoms with Crippen molar-refractivity contribution in [2.45, 2.75) is 46.2 Å². The molecule has 2 unspecified atom stereocenters. The van der Waals surface area contributed by atoms with E-state index in [1.54, 1.807) is 18.2 Å². The van der Waals surface area contributed by atoms with Crippen molar-refractivity contribution >= 4 is 56.7 Å². The molecule has 2 heterocycles. The van der Waals surface area contributed by atoms with Gasteiger partial charge in [-0.15, -0.1) is 11.3 Å². The van der Waals surface area contributed by atoms with Crippen LogP contribution in [0.5, 0.6) is 23.0 Å². The van der Waals surface area contributed by atoms with Crippen LogP contribution in [0.1, 0.15) is 53.9 Å². The number of carbonyl (C=O) groups is 4. The summed E-state index contributed by atoms with van der Waals surface area (Å²) in [5, 5.41) is 19.0. The lowest BCUT2D eigenvalue weighted by Crippen LogP contribution is -2.28. The summed E-state index contributed by atoms with van der Waals surface area (Å²) in [5.41, 5.74) is 0.845. The summed E-state index contributed by atoms with van der Waals surface area (Å²) >= 11 is 7.83. The maximum absolute atomic E-state index is 15.5. The summed E-state index contributed by atoms with van der Waals surface area (Å²) < 4.78 is 38.7. The molecular formula is C31H33ClFNO10S. The molecule has 1 aromatic heterocycles. The van der Waals surface area contributed by atoms with Gasteiger partial charge < -0.3 is 34.1 Å². The normalized spacial score (nSPS) is 13.7. The largest absolute Gasteiger partial charge is 0.493 e. The second-order valence-electron chi connectivity index (χ2n) is 10.7. The molecule has 0 spiro atoms. The Bertz CT molecular complexity index is 1640. The van der Waals surface area contributed by atoms with Crippen molar-refractivity contribution in [1.82, 2.24) is 4.90 Å². The molecule has 0 bridgehead atoms. The Labute approximate surface area is 267 Å². The minimum Gasteiger partial charge on any atom is -0.493 e. The first-order chi connectivity index (χ1) is 21.4. The average molecular weight is 666 g/mol. The number of halogens is 2. The molecule has 0 aliphatic carbocycles. The van der Waals surface area contributed by atoms with E-state index in [9.17, 15) is 19.2 Å². The van der Waals surface area contributed by atoms with Gasteiger partial charge in [0.2, 0.25) is 5.91 Å². The van der Waals surface area contributed by atoms with Gasteiger partial charge >= 0.3 is 11.9 Å². The second kappa shape index (κ2) is 14.3. The smallest absolute Gasteiger partial charge is 0.306 e. The number of fused-ring (bicyclic) bond motifs is 2. The molecule has 2 aromatic carbocycles. The lowest BCUT2D eigenvalue weighted by atomic mass is 10.0. The number of carboxylic acids is 2. The van der Waals surface area contributed by atoms with Crippen molar-refractivity contribution < 1.29 is 52.7 Å². The molecule has 3 aromatic rings. The fourth-order valence-electron chi connectivity index (χ4n) is 4.80. The number of nitrogens with zero attached hydrogens (tertiary/aromatic N) is 1. The molecule has 11 nitrogen and oxygen atoms in total. The van der Waals surface area contributed by atoms with Crippen LogP contribution in [0, 0.1) is 17.7 Å². The number of methoxy groups -OCH3 is 2. The number of amides is 1. The Balaban J connectivity index is 1.40. The summed E-state index contributed by atoms with van der Waals surface area (Å²) in [6.45, 7) is 3.20. The number of benzene rings is 2. The predicted molar refractivity (Wildman–Crippen MR) is 163 cm³/mol. The number of rotatable bonds is 15. The Hall–Kier alpha value is -4.10. The first-order valence-corrected chi connectivity index (χ1v) is 15.3. The molecule has 2 N–H and O–H groups in total. The van der Waals surface area contributed by atoms with E-state index in [4.69, 9.17) is 40.8 Å². The molecule has 0 saturated heterocycles. The van der Waals surface area contributed by atoms with Gasteiger partial charge in [-0.3, -0.25) is 19.2 Å². The summed E-state index contributed by atoms with van der Waals surface area (Å²) in [6.07, 6.45) is -0.0153. The molecule has 4 rings (SSSR count). The SMILES string of the molecule is COc1cc2c(c(F)c1OCCCOc1c(OC)cc3sc(C(=O)CC(C)C(=O)O)cc3c1Cl)CN(C(=O)CC(C)C(=O)O)C2. The number of carboxylic acid groups (broad SMARTS) is 2. The first kappa shape index (κ1) is 33.8. The number of thiophene rings is 1. The summed E-state index contributed by atoms with van der Waals surface area (Å²) in [5.74, 6) is -4.49. The fourth-order valence-corrected chi connectivity index (χ4v) is 6.21. The van der Waals surface area contributed by atoms with Crippen LogP contribution in [0.15, 0.2) is 18.2 Å². The summed E-state index contributed by atoms with van der Waals surface area (Å²) in [6, 6.07) is 4.91. The van der Waals surface area contributed by atoms with E-state index in [-0.39, 0.29) is 78.7 Å². The minimum absolute atomic E-state index is 0.00887. The molecule has 45 heavy (non-hydrogen) atoms. The maximum Gasteiger partial charge on any atom is 0.306 e. The Morgan fingerprint density at radius 1 is 0.933 bits per heavy atom. The van der Waals surface area contributed by atoms with Crippen LogP contribution in [0.25, 0.3) is 10.1 Å². The van der Waals surface area contributed by atoms with E-state index in [1.807, 2.05) is 0 Å². The van der Waals surface area contributed by atoms with Gasteiger partial charge in [0.25, 0.3) is 0 Å². The van der Waals surface area contributed by atoms with Crippen molar-refractivity contribution in [3.8, 4) is 23.0 Å². The maximum atomic E-state index is 15.5. The van der Waals surface area contributed by atoms with Crippen LogP contribution in [0.3, 0.4) is 0 Å². The zero-order valence-electron chi connectivity index (χ0n) is 25.1. The van der Waals surface area contributed by atoms with E-state index in [0.29, 0.717) is 32.7 Å². The molecule has 0 radical (unpaired) electrons. The first-order valence-electron chi connectivity index (χ1n) is 14.1. The summed E-state index contributed by atoms with van der Waals surface area (Å²) in [4.78, 5) is 49.3. The lowest BCUT2D eigenvalue weighted by Gasteiger charge is -2.16. The highest BCUT2D eigenvalue weighted by atomic mass is 35.5. The molecule has 1 aliphatic heterocycles. The van der Waals surface area contributed by atoms with Crippen molar-refractivity contribution in [2.24, 2.45) is 11.8 Å². The average Bonchev–Trinajstić information content (AvgIpc) is 3.63. The standard InChI is InChI=1S/C31H33ClFNO10S/c1-15(30(37)38)8-20(35)24-11-18-23(45-24)12-22(42-4)28(26(18)32)43-6-5-7-44-29-21(41-3)10-17-13-34(14-19(17)27(29)33)25(36)9-16(2)31(39)40/h10-12,15-16H,5-9,13-14H2,1-4H3,(H,37,38)(H,39,40). The quantitative estimate of drug-likeness (QED) is 0.151. The Morgan fingerprint density at radius 2 is 1.53 bits per heavy atom. The van der Waals surface area contributed by atoms with E-state index < -0.39 is 29.6 Å². The van der Waals surface area contributed by atoms with E-state index in [1.165, 1.54) is 44.3 Å². The van der Waals surface area contributed by atoms with Gasteiger partial charge in [0.1, 0.15) is 0 Å². The third kappa shape index (κ3) is 7.42. The molecule has 1 amide bonds. The third-order valence-corrected chi connectivity index (χ3v) is 8.94. The molecular weight excluding hydrogens is 633 g/mol. The third-order valence-electron chi connectivity index (χ3n) is 7.44. The zero-order chi connectivity index (χ0) is 33.0. The van der Waals surface area contributed by atoms with Crippen molar-refractivity contribution in [1.29, 1.82) is 0 Å². The van der Waals surface area contributed by atoms with Gasteiger partial charge in [0.05, 0.1) is 49.2 Å². The van der Waals surface area contributed by atoms with Crippen LogP contribution in [-0.4, -0.2) is 66.2 Å². The van der Waals surface area contributed by atoms with Crippen LogP contribution in [0.4, 0.5) is 4.39 Å². The summed E-state index contributed by atoms with van der Waals surface area (Å²) in [7, 11) is 2.83. The highest BCUT2D eigenvalue weighted by Gasteiger charge is 2.31. The predicted octanol–water partition coefficient (Wildman–Crippen LogP) is 5.81. The van der Waals surface area contributed by atoms with E-state index >= 15 is 4.39 Å². The number of aliphatic carboxylic acids is 2. The number of ether oxygens (including phenoxy) is 4. The van der Waals surface area contributed by atoms with Gasteiger partial charge in [-0.05, 0) is 17.7 Å². The highest BCUT2D eigenvalue weighted by molar-refractivity contribution is 7.21. The topological polar surface area (TPSA) is 149 Å². The van der Waals surface area contributed by atoms with Crippen molar-refractivity contribution in [3.63, 3.8) is 0 Å². The number of carbonyl (C=O) groups excluding carboxylic acids is 2. The monoisotopic (exact) mass is 665 g/mol. The van der Waals surface area contributed by atoms with Gasteiger partial charge in [-0.2, -0.15) is 0 Å². The Kier molecular flexibility index (Phi) is 10.8. The zero-order valence-corrected chi connectivity index (χ0v) is 26.7. The van der Waals surface area contributed by atoms with Crippen LogP contribution in [-0.2, 0) is 27.5 Å². The lowest BCUT2D eigenvalue weighted by molar-refractivity contribution is -0.145. The number of ketones is 1. The van der Waals surface area contributed by atoms with E-state index in [0.717, 1.165) is 0 Å². The fraction of sp³-hybridized carbons (Fsp3) is 0.419. The molecule has 1 aliphatic rings. The second-order valence-corrected chi connectivity index (χ2v) is 12.2. The van der Waals surface area contributed by atoms with Gasteiger partial charge in [-0.25, -0.2) is 4.39 Å². The van der Waals surface area contributed by atoms with Crippen LogP contribution < -0.4 is 18.9 Å². The molecule has 0 saturated carbocycles. The molecule has 2 atom stereocenters. The van der Waals surface area contributed by atoms with Gasteiger partial charge in [0, 0.05) is 54.1 Å². The van der Waals surface area contributed by atoms with Crippen LogP contribution >= 0.6 is 22.9 Å². The number of Topliss-reactive ketones (excluding diaryl/α,β-unsaturated/α-hetero) is 1. The van der Waals surface area contributed by atoms with Crippen molar-refractivity contribution in [2.75, 3.05) is 27.4 Å². The number of hydrogen-bond donors (Lipinski definition) is 2. The highest BCUT2D eigenvalue weighted by Crippen LogP contribution is 2.44. The van der Waals surface area contributed by atoms with Crippen LogP contribution in [0.2, 0.25) is 5.02 Å². The van der Waals surface area contributed by atoms with Crippen molar-refractivity contribution in [3.05, 3.63) is 45.0 Å².